The zero-order valence-electron chi connectivity index (χ0n) is 17.4. The van der Waals surface area contributed by atoms with Crippen LogP contribution in [0.4, 0.5) is 5.82 Å². The van der Waals surface area contributed by atoms with Crippen LogP contribution in [0.15, 0.2) is 43.0 Å². The molecule has 170 valence electrons. The Balaban J connectivity index is 1.28. The van der Waals surface area contributed by atoms with Crippen LogP contribution in [0, 0.1) is 5.92 Å². The fourth-order valence-corrected chi connectivity index (χ4v) is 5.43. The molecular weight excluding hydrogens is 437 g/mol. The summed E-state index contributed by atoms with van der Waals surface area (Å²) in [6.45, 7) is 1.91. The zero-order valence-corrected chi connectivity index (χ0v) is 18.2. The summed E-state index contributed by atoms with van der Waals surface area (Å²) >= 11 is 0. The topological polar surface area (TPSA) is 144 Å². The maximum Gasteiger partial charge on any atom is 0.475 e. The van der Waals surface area contributed by atoms with Gasteiger partial charge in [-0.25, -0.2) is 14.5 Å². The molecule has 2 aliphatic heterocycles. The van der Waals surface area contributed by atoms with Crippen molar-refractivity contribution in [2.45, 2.75) is 37.9 Å². The molecule has 2 fully saturated rings. The van der Waals surface area contributed by atoms with Gasteiger partial charge in [0.25, 0.3) is 0 Å². The molecule has 0 bridgehead atoms. The van der Waals surface area contributed by atoms with Crippen molar-refractivity contribution in [3.8, 4) is 0 Å². The minimum Gasteiger partial charge on any atom is -0.390 e. The third kappa shape index (κ3) is 3.92. The van der Waals surface area contributed by atoms with E-state index < -0.39 is 32.4 Å². The number of rotatable bonds is 5. The Morgan fingerprint density at radius 2 is 2.19 bits per heavy atom. The van der Waals surface area contributed by atoms with Crippen molar-refractivity contribution in [1.82, 2.24) is 19.5 Å². The number of ether oxygens (including phenoxy) is 1. The molecule has 0 aliphatic carbocycles. The maximum atomic E-state index is 13.0. The molecule has 0 amide bonds. The van der Waals surface area contributed by atoms with Crippen LogP contribution in [0.3, 0.4) is 0 Å². The lowest BCUT2D eigenvalue weighted by molar-refractivity contribution is -0.0539. The molecular formula is C20H24N5O6P. The molecule has 3 aromatic rings. The Morgan fingerprint density at radius 3 is 3.00 bits per heavy atom. The minimum atomic E-state index is -3.83. The van der Waals surface area contributed by atoms with Crippen molar-refractivity contribution in [2.24, 2.45) is 5.92 Å². The highest BCUT2D eigenvalue weighted by Crippen LogP contribution is 2.57. The first-order chi connectivity index (χ1) is 15.5. The fraction of sp³-hybridized carbons (Fsp3) is 0.450. The van der Waals surface area contributed by atoms with Gasteiger partial charge >= 0.3 is 7.82 Å². The van der Waals surface area contributed by atoms with Crippen molar-refractivity contribution < 1.29 is 28.0 Å². The SMILES string of the molecule is C[C@H]1[C@H](O)[C@@H](COP2(=O)OCC[C@H](c3ccccn3)O2)O[C@H]1n1ccc2c(N)ncnc21. The van der Waals surface area contributed by atoms with Crippen LogP contribution in [0.25, 0.3) is 11.0 Å². The molecule has 0 spiro atoms. The molecule has 5 rings (SSSR count). The number of aromatic nitrogens is 4. The Morgan fingerprint density at radius 1 is 1.31 bits per heavy atom. The van der Waals surface area contributed by atoms with E-state index in [4.69, 9.17) is 24.0 Å². The Labute approximate surface area is 184 Å². The van der Waals surface area contributed by atoms with Crippen LogP contribution in [-0.4, -0.2) is 50.0 Å². The lowest BCUT2D eigenvalue weighted by Gasteiger charge is -2.29. The third-order valence-corrected chi connectivity index (χ3v) is 7.27. The number of aliphatic hydroxyl groups is 1. The van der Waals surface area contributed by atoms with Gasteiger partial charge in [-0.3, -0.25) is 18.6 Å². The maximum absolute atomic E-state index is 13.0. The number of anilines is 1. The van der Waals surface area contributed by atoms with Gasteiger partial charge in [-0.2, -0.15) is 0 Å². The highest BCUT2D eigenvalue weighted by molar-refractivity contribution is 7.48. The molecule has 12 heteroatoms. The number of nitrogens with two attached hydrogens (primary N) is 1. The van der Waals surface area contributed by atoms with E-state index in [1.54, 1.807) is 35.2 Å². The molecule has 0 aromatic carbocycles. The number of hydrogen-bond acceptors (Lipinski definition) is 10. The van der Waals surface area contributed by atoms with E-state index in [1.165, 1.54) is 6.33 Å². The van der Waals surface area contributed by atoms with Gasteiger partial charge in [0, 0.05) is 24.7 Å². The first kappa shape index (κ1) is 21.4. The number of pyridine rings is 1. The van der Waals surface area contributed by atoms with Gasteiger partial charge in [0.05, 0.1) is 30.4 Å². The van der Waals surface area contributed by atoms with E-state index in [9.17, 15) is 9.67 Å². The quantitative estimate of drug-likeness (QED) is 0.544. The number of fused-ring (bicyclic) bond motifs is 1. The van der Waals surface area contributed by atoms with Gasteiger partial charge in [-0.1, -0.05) is 13.0 Å². The van der Waals surface area contributed by atoms with Crippen LogP contribution in [0.5, 0.6) is 0 Å². The number of aliphatic hydroxyl groups excluding tert-OH is 1. The second-order valence-corrected chi connectivity index (χ2v) is 9.47. The molecule has 0 radical (unpaired) electrons. The fourth-order valence-electron chi connectivity index (χ4n) is 4.05. The third-order valence-electron chi connectivity index (χ3n) is 5.80. The standard InChI is InChI=1S/C20H24N5O6P/c1-12-17(26)16(30-20(12)25-8-5-13-18(21)23-11-24-19(13)25)10-29-32(27)28-9-6-15(31-32)14-4-2-3-7-22-14/h2-5,7-8,11-12,15-17,20,26H,6,9-10H2,1H3,(H2,21,23,24)/t12-,15+,16+,17-,20+,32?/m0/s1. The number of nitrogens with zero attached hydrogens (tertiary/aromatic N) is 4. The molecule has 0 saturated carbocycles. The van der Waals surface area contributed by atoms with Crippen molar-refractivity contribution >= 4 is 24.7 Å². The van der Waals surface area contributed by atoms with E-state index in [1.807, 2.05) is 13.0 Å². The van der Waals surface area contributed by atoms with Gasteiger partial charge in [0.15, 0.2) is 0 Å². The molecule has 1 unspecified atom stereocenters. The van der Waals surface area contributed by atoms with Gasteiger partial charge in [-0.15, -0.1) is 0 Å². The summed E-state index contributed by atoms with van der Waals surface area (Å²) in [6, 6.07) is 7.23. The number of phosphoric acid groups is 1. The number of phosphoric ester groups is 1. The van der Waals surface area contributed by atoms with E-state index >= 15 is 0 Å². The normalized spacial score (nSPS) is 33.0. The molecule has 2 aliphatic rings. The van der Waals surface area contributed by atoms with Crippen LogP contribution in [0.1, 0.15) is 31.4 Å². The molecule has 3 N–H and O–H groups in total. The first-order valence-electron chi connectivity index (χ1n) is 10.3. The summed E-state index contributed by atoms with van der Waals surface area (Å²) in [4.78, 5) is 12.5. The second kappa shape index (κ2) is 8.51. The minimum absolute atomic E-state index is 0.162. The average Bonchev–Trinajstić information content (AvgIpc) is 3.35. The molecule has 6 atom stereocenters. The summed E-state index contributed by atoms with van der Waals surface area (Å²) in [5.41, 5.74) is 7.18. The molecule has 32 heavy (non-hydrogen) atoms. The van der Waals surface area contributed by atoms with E-state index in [2.05, 4.69) is 15.0 Å². The second-order valence-electron chi connectivity index (χ2n) is 7.85. The van der Waals surface area contributed by atoms with Crippen LogP contribution in [0.2, 0.25) is 0 Å². The van der Waals surface area contributed by atoms with E-state index in [0.29, 0.717) is 29.0 Å². The molecule has 11 nitrogen and oxygen atoms in total. The molecule has 3 aromatic heterocycles. The van der Waals surface area contributed by atoms with Crippen molar-refractivity contribution in [2.75, 3.05) is 18.9 Å². The van der Waals surface area contributed by atoms with Gasteiger partial charge in [-0.05, 0) is 18.2 Å². The van der Waals surface area contributed by atoms with Crippen LogP contribution < -0.4 is 5.73 Å². The summed E-state index contributed by atoms with van der Waals surface area (Å²) in [5, 5.41) is 11.4. The Bertz CT molecular complexity index is 1140. The largest absolute Gasteiger partial charge is 0.475 e. The van der Waals surface area contributed by atoms with Crippen LogP contribution >= 0.6 is 7.82 Å². The highest BCUT2D eigenvalue weighted by atomic mass is 31.2. The zero-order chi connectivity index (χ0) is 22.3. The van der Waals surface area contributed by atoms with E-state index in [0.717, 1.165) is 0 Å². The summed E-state index contributed by atoms with van der Waals surface area (Å²) in [5.74, 6) is 0.0813. The van der Waals surface area contributed by atoms with Crippen molar-refractivity contribution in [3.63, 3.8) is 0 Å². The average molecular weight is 461 g/mol. The van der Waals surface area contributed by atoms with Gasteiger partial charge in [0.1, 0.15) is 36.2 Å². The summed E-state index contributed by atoms with van der Waals surface area (Å²) in [7, 11) is -3.83. The highest BCUT2D eigenvalue weighted by Gasteiger charge is 2.45. The lowest BCUT2D eigenvalue weighted by Crippen LogP contribution is -2.29. The molecule has 5 heterocycles. The predicted molar refractivity (Wildman–Crippen MR) is 113 cm³/mol. The lowest BCUT2D eigenvalue weighted by atomic mass is 10.0. The smallest absolute Gasteiger partial charge is 0.390 e. The number of nitrogen functional groups attached to an aromatic ring is 1. The van der Waals surface area contributed by atoms with E-state index in [-0.39, 0.29) is 19.1 Å². The number of hydrogen-bond donors (Lipinski definition) is 2. The Hall–Kier alpha value is -2.40. The first-order valence-corrected chi connectivity index (χ1v) is 11.8. The van der Waals surface area contributed by atoms with Crippen molar-refractivity contribution in [3.05, 3.63) is 48.7 Å². The predicted octanol–water partition coefficient (Wildman–Crippen LogP) is 2.61. The van der Waals surface area contributed by atoms with Gasteiger partial charge in [0.2, 0.25) is 0 Å². The molecule has 2 saturated heterocycles. The summed E-state index contributed by atoms with van der Waals surface area (Å²) in [6.07, 6.45) is 2.73. The van der Waals surface area contributed by atoms with Crippen LogP contribution in [-0.2, 0) is 22.9 Å². The van der Waals surface area contributed by atoms with Crippen molar-refractivity contribution in [1.29, 1.82) is 0 Å². The Kier molecular flexibility index (Phi) is 5.70. The summed E-state index contributed by atoms with van der Waals surface area (Å²) < 4.78 is 37.4. The monoisotopic (exact) mass is 461 g/mol. The van der Waals surface area contributed by atoms with Gasteiger partial charge < -0.3 is 20.1 Å².